The van der Waals surface area contributed by atoms with Gasteiger partial charge in [0, 0.05) is 0 Å². The van der Waals surface area contributed by atoms with Crippen molar-refractivity contribution in [3.63, 3.8) is 0 Å². The van der Waals surface area contributed by atoms with E-state index in [1.807, 2.05) is 37.3 Å². The fourth-order valence-corrected chi connectivity index (χ4v) is 0.753. The second-order valence-electron chi connectivity index (χ2n) is 2.10. The molecule has 0 aliphatic heterocycles. The third kappa shape index (κ3) is 1.34. The third-order valence-corrected chi connectivity index (χ3v) is 1.37. The summed E-state index contributed by atoms with van der Waals surface area (Å²) >= 11 is 0. The highest BCUT2D eigenvalue weighted by molar-refractivity contribution is 5.89. The fourth-order valence-electron chi connectivity index (χ4n) is 0.753. The molecule has 0 saturated heterocycles. The number of hydrogen-bond donors (Lipinski definition) is 0. The van der Waals surface area contributed by atoms with Gasteiger partial charge in [0.1, 0.15) is 0 Å². The van der Waals surface area contributed by atoms with Crippen LogP contribution in [0.25, 0.3) is 11.0 Å². The Balaban J connectivity index is 3.08. The highest BCUT2D eigenvalue weighted by Gasteiger charge is 1.87. The molecule has 1 heteroatoms. The maximum atomic E-state index is 8.50. The standard InChI is InChI=1S/C9H8N/c1-8(7-10)9-5-3-2-4-6-9/h2-6H,1H3/q-1. The van der Waals surface area contributed by atoms with Crippen LogP contribution in [0.5, 0.6) is 0 Å². The smallest absolute Gasteiger partial charge is 0.0168 e. The molecular formula is C9H8N-. The van der Waals surface area contributed by atoms with Crippen LogP contribution in [-0.2, 0) is 0 Å². The van der Waals surface area contributed by atoms with Gasteiger partial charge in [-0.2, -0.15) is 0 Å². The lowest BCUT2D eigenvalue weighted by Crippen LogP contribution is -1.76. The van der Waals surface area contributed by atoms with Crippen molar-refractivity contribution < 1.29 is 0 Å². The molecule has 0 unspecified atom stereocenters. The summed E-state index contributed by atoms with van der Waals surface area (Å²) in [5.41, 5.74) is 1.77. The minimum Gasteiger partial charge on any atom is -0.763 e. The van der Waals surface area contributed by atoms with Gasteiger partial charge in [-0.05, 0) is 18.1 Å². The van der Waals surface area contributed by atoms with E-state index in [4.69, 9.17) is 5.41 Å². The Labute approximate surface area is 60.5 Å². The van der Waals surface area contributed by atoms with Gasteiger partial charge in [0.15, 0.2) is 0 Å². The zero-order chi connectivity index (χ0) is 7.40. The summed E-state index contributed by atoms with van der Waals surface area (Å²) in [4.78, 5) is 0. The lowest BCUT2D eigenvalue weighted by molar-refractivity contribution is 1.59. The first kappa shape index (κ1) is 6.79. The van der Waals surface area contributed by atoms with Gasteiger partial charge in [0.05, 0.1) is 0 Å². The zero-order valence-corrected chi connectivity index (χ0v) is 5.83. The number of benzene rings is 1. The van der Waals surface area contributed by atoms with E-state index in [0.717, 1.165) is 11.1 Å². The Morgan fingerprint density at radius 2 is 1.90 bits per heavy atom. The quantitative estimate of drug-likeness (QED) is 0.520. The Morgan fingerprint density at radius 3 is 2.40 bits per heavy atom. The Kier molecular flexibility index (Phi) is 2.03. The molecule has 0 spiro atoms. The number of rotatable bonds is 1. The van der Waals surface area contributed by atoms with Crippen LogP contribution in [0.15, 0.2) is 30.3 Å². The predicted molar refractivity (Wildman–Crippen MR) is 43.9 cm³/mol. The molecule has 1 nitrogen and oxygen atoms in total. The van der Waals surface area contributed by atoms with E-state index < -0.39 is 0 Å². The highest BCUT2D eigenvalue weighted by Crippen LogP contribution is 2.08. The number of nitrogens with zero attached hydrogens (tertiary/aromatic N) is 1. The molecule has 0 saturated carbocycles. The van der Waals surface area contributed by atoms with Gasteiger partial charge < -0.3 is 5.41 Å². The van der Waals surface area contributed by atoms with Crippen molar-refractivity contribution in [2.75, 3.05) is 0 Å². The molecule has 0 bridgehead atoms. The molecule has 1 aromatic rings. The molecule has 50 valence electrons. The summed E-state index contributed by atoms with van der Waals surface area (Å²) < 4.78 is 0. The van der Waals surface area contributed by atoms with E-state index in [1.165, 1.54) is 0 Å². The summed E-state index contributed by atoms with van der Waals surface area (Å²) in [5, 5.41) is 8.50. The SMILES string of the molecule is CC(=C=[N-])c1ccccc1. The predicted octanol–water partition coefficient (Wildman–Crippen LogP) is 2.33. The molecule has 1 aromatic carbocycles. The minimum absolute atomic E-state index is 0.764. The lowest BCUT2D eigenvalue weighted by atomic mass is 10.1. The monoisotopic (exact) mass is 130 g/mol. The van der Waals surface area contributed by atoms with Crippen LogP contribution < -0.4 is 0 Å². The Hall–Kier alpha value is -1.33. The van der Waals surface area contributed by atoms with Crippen molar-refractivity contribution >= 4 is 11.4 Å². The molecule has 0 aliphatic carbocycles. The number of allylic oxidation sites excluding steroid dienone is 1. The average Bonchev–Trinajstić information content (AvgIpc) is 2.05. The summed E-state index contributed by atoms with van der Waals surface area (Å²) in [5.74, 6) is 2.10. The van der Waals surface area contributed by atoms with Crippen LogP contribution in [0.4, 0.5) is 0 Å². The van der Waals surface area contributed by atoms with Crippen molar-refractivity contribution in [1.82, 2.24) is 0 Å². The van der Waals surface area contributed by atoms with Crippen molar-refractivity contribution in [1.29, 1.82) is 0 Å². The maximum absolute atomic E-state index is 8.50. The van der Waals surface area contributed by atoms with E-state index in [2.05, 4.69) is 5.87 Å². The summed E-state index contributed by atoms with van der Waals surface area (Å²) in [7, 11) is 0. The third-order valence-electron chi connectivity index (χ3n) is 1.37. The molecular weight excluding hydrogens is 122 g/mol. The molecule has 0 N–H and O–H groups in total. The van der Waals surface area contributed by atoms with Crippen LogP contribution in [0.3, 0.4) is 0 Å². The van der Waals surface area contributed by atoms with E-state index in [9.17, 15) is 0 Å². The van der Waals surface area contributed by atoms with E-state index in [0.29, 0.717) is 0 Å². The normalized spacial score (nSPS) is 8.50. The van der Waals surface area contributed by atoms with Gasteiger partial charge in [-0.3, -0.25) is 5.87 Å². The summed E-state index contributed by atoms with van der Waals surface area (Å²) in [6.45, 7) is 1.81. The molecule has 0 heterocycles. The first-order chi connectivity index (χ1) is 4.84. The molecule has 0 fully saturated rings. The fraction of sp³-hybridized carbons (Fsp3) is 0.111. The highest BCUT2D eigenvalue weighted by atomic mass is 14.3. The van der Waals surface area contributed by atoms with Gasteiger partial charge in [-0.1, -0.05) is 30.3 Å². The average molecular weight is 130 g/mol. The molecule has 0 aliphatic rings. The van der Waals surface area contributed by atoms with Crippen LogP contribution in [0.2, 0.25) is 0 Å². The minimum atomic E-state index is 0.764. The first-order valence-corrected chi connectivity index (χ1v) is 3.13. The Bertz CT molecular complexity index is 255. The first-order valence-electron chi connectivity index (χ1n) is 3.13. The molecule has 1 rings (SSSR count). The topological polar surface area (TPSA) is 22.3 Å². The molecule has 0 aromatic heterocycles. The maximum Gasteiger partial charge on any atom is -0.0168 e. The Morgan fingerprint density at radius 1 is 1.30 bits per heavy atom. The van der Waals surface area contributed by atoms with E-state index in [1.54, 1.807) is 0 Å². The van der Waals surface area contributed by atoms with E-state index >= 15 is 0 Å². The molecule has 0 atom stereocenters. The molecule has 10 heavy (non-hydrogen) atoms. The second-order valence-corrected chi connectivity index (χ2v) is 2.10. The van der Waals surface area contributed by atoms with Crippen LogP contribution >= 0.6 is 0 Å². The molecule has 0 amide bonds. The summed E-state index contributed by atoms with van der Waals surface area (Å²) in [6.07, 6.45) is 0. The van der Waals surface area contributed by atoms with Gasteiger partial charge in [-0.25, -0.2) is 0 Å². The van der Waals surface area contributed by atoms with E-state index in [-0.39, 0.29) is 0 Å². The zero-order valence-electron chi connectivity index (χ0n) is 5.83. The van der Waals surface area contributed by atoms with Gasteiger partial charge in [0.25, 0.3) is 0 Å². The van der Waals surface area contributed by atoms with Crippen LogP contribution in [0, 0.1) is 0 Å². The number of hydrogen-bond acceptors (Lipinski definition) is 0. The van der Waals surface area contributed by atoms with Crippen LogP contribution in [0.1, 0.15) is 12.5 Å². The van der Waals surface area contributed by atoms with Crippen molar-refractivity contribution in [3.05, 3.63) is 41.3 Å². The van der Waals surface area contributed by atoms with Gasteiger partial charge in [-0.15, -0.1) is 0 Å². The van der Waals surface area contributed by atoms with Gasteiger partial charge in [0.2, 0.25) is 0 Å². The van der Waals surface area contributed by atoms with Gasteiger partial charge >= 0.3 is 0 Å². The van der Waals surface area contributed by atoms with Crippen molar-refractivity contribution in [2.45, 2.75) is 6.92 Å². The lowest BCUT2D eigenvalue weighted by Gasteiger charge is -1.96. The van der Waals surface area contributed by atoms with Crippen LogP contribution in [-0.4, -0.2) is 5.87 Å². The largest absolute Gasteiger partial charge is 0.763 e. The van der Waals surface area contributed by atoms with Crippen molar-refractivity contribution in [3.8, 4) is 0 Å². The molecule has 0 radical (unpaired) electrons. The van der Waals surface area contributed by atoms with Crippen molar-refractivity contribution in [2.24, 2.45) is 0 Å². The second kappa shape index (κ2) is 3.00. The summed E-state index contributed by atoms with van der Waals surface area (Å²) in [6, 6.07) is 9.65.